The second-order valence-electron chi connectivity index (χ2n) is 10.3. The minimum Gasteiger partial charge on any atom is -0.495 e. The molecule has 1 saturated carbocycles. The van der Waals surface area contributed by atoms with Gasteiger partial charge < -0.3 is 35.0 Å². The molecule has 4 rings (SSSR count). The van der Waals surface area contributed by atoms with Crippen LogP contribution in [0.2, 0.25) is 0 Å². The van der Waals surface area contributed by atoms with Crippen LogP contribution in [-0.2, 0) is 9.53 Å². The summed E-state index contributed by atoms with van der Waals surface area (Å²) in [4.78, 5) is 39.1. The predicted molar refractivity (Wildman–Crippen MR) is 145 cm³/mol. The van der Waals surface area contributed by atoms with Crippen molar-refractivity contribution in [3.8, 4) is 5.75 Å². The van der Waals surface area contributed by atoms with E-state index in [0.717, 1.165) is 18.7 Å². The topological polar surface area (TPSA) is 129 Å². The minimum absolute atomic E-state index is 0.0408. The molecular weight excluding hydrogens is 488 g/mol. The molecule has 0 spiro atoms. The van der Waals surface area contributed by atoms with Gasteiger partial charge in [-0.25, -0.2) is 4.98 Å². The minimum atomic E-state index is -0.559. The number of ether oxygens (including phenoxy) is 2. The Morgan fingerprint density at radius 3 is 2.71 bits per heavy atom. The first-order valence-corrected chi connectivity index (χ1v) is 13.1. The van der Waals surface area contributed by atoms with Crippen molar-refractivity contribution in [1.29, 1.82) is 0 Å². The van der Waals surface area contributed by atoms with E-state index in [1.807, 2.05) is 13.8 Å². The Kier molecular flexibility index (Phi) is 8.68. The molecular formula is C27H38N6O5. The number of aliphatic hydroxyl groups is 1. The zero-order valence-electron chi connectivity index (χ0n) is 22.6. The normalized spacial score (nSPS) is 17.2. The maximum Gasteiger partial charge on any atom is 0.251 e. The second-order valence-corrected chi connectivity index (χ2v) is 10.3. The lowest BCUT2D eigenvalue weighted by Gasteiger charge is -2.34. The number of nitrogens with zero attached hydrogens (tertiary/aromatic N) is 4. The molecule has 0 saturated heterocycles. The summed E-state index contributed by atoms with van der Waals surface area (Å²) in [6, 6.07) is 5.42. The number of aromatic nitrogens is 2. The van der Waals surface area contributed by atoms with Gasteiger partial charge in [-0.1, -0.05) is 12.8 Å². The van der Waals surface area contributed by atoms with Gasteiger partial charge in [-0.3, -0.25) is 9.59 Å². The fourth-order valence-corrected chi connectivity index (χ4v) is 5.09. The van der Waals surface area contributed by atoms with Gasteiger partial charge in [0, 0.05) is 31.7 Å². The molecule has 2 aromatic rings. The van der Waals surface area contributed by atoms with Crippen molar-refractivity contribution in [2.75, 3.05) is 62.2 Å². The largest absolute Gasteiger partial charge is 0.495 e. The van der Waals surface area contributed by atoms with E-state index in [1.165, 1.54) is 20.0 Å². The molecule has 1 aromatic carbocycles. The Bertz CT molecular complexity index is 1150. The molecule has 1 aliphatic carbocycles. The summed E-state index contributed by atoms with van der Waals surface area (Å²) in [7, 11) is 3.32. The van der Waals surface area contributed by atoms with Crippen LogP contribution in [0.15, 0.2) is 24.4 Å². The molecule has 11 nitrogen and oxygen atoms in total. The van der Waals surface area contributed by atoms with Crippen LogP contribution in [0.1, 0.15) is 49.9 Å². The third-order valence-electron chi connectivity index (χ3n) is 7.08. The molecule has 0 atom stereocenters. The fourth-order valence-electron chi connectivity index (χ4n) is 5.09. The summed E-state index contributed by atoms with van der Waals surface area (Å²) < 4.78 is 10.7. The smallest absolute Gasteiger partial charge is 0.251 e. The van der Waals surface area contributed by atoms with Crippen molar-refractivity contribution in [2.45, 2.75) is 45.6 Å². The number of hydrogen-bond acceptors (Lipinski definition) is 9. The van der Waals surface area contributed by atoms with Crippen LogP contribution >= 0.6 is 0 Å². The number of aliphatic hydroxyl groups excluding tert-OH is 1. The molecule has 3 N–H and O–H groups in total. The third kappa shape index (κ3) is 5.99. The van der Waals surface area contributed by atoms with E-state index in [0.29, 0.717) is 54.4 Å². The molecule has 1 aromatic heterocycles. The Labute approximate surface area is 223 Å². The van der Waals surface area contributed by atoms with Gasteiger partial charge >= 0.3 is 0 Å². The number of rotatable bonds is 10. The Hall–Kier alpha value is -3.44. The number of amides is 2. The van der Waals surface area contributed by atoms with Gasteiger partial charge in [-0.15, -0.1) is 0 Å². The summed E-state index contributed by atoms with van der Waals surface area (Å²) in [5.74, 6) is 1.37. The van der Waals surface area contributed by atoms with Crippen molar-refractivity contribution >= 4 is 35.0 Å². The lowest BCUT2D eigenvalue weighted by atomic mass is 9.91. The highest BCUT2D eigenvalue weighted by Gasteiger charge is 2.41. The Balaban J connectivity index is 1.57. The van der Waals surface area contributed by atoms with Crippen molar-refractivity contribution in [3.05, 3.63) is 30.0 Å². The summed E-state index contributed by atoms with van der Waals surface area (Å²) >= 11 is 0. The first kappa shape index (κ1) is 27.6. The summed E-state index contributed by atoms with van der Waals surface area (Å²) in [6.45, 7) is 5.37. The number of fused-ring (bicyclic) bond motifs is 1. The second kappa shape index (κ2) is 12.0. The molecule has 0 bridgehead atoms. The molecule has 0 radical (unpaired) electrons. The number of hydrogen-bond donors (Lipinski definition) is 3. The number of carbonyl (C=O) groups excluding carboxylic acids is 2. The van der Waals surface area contributed by atoms with Crippen LogP contribution < -0.4 is 25.2 Å². The summed E-state index contributed by atoms with van der Waals surface area (Å²) in [5, 5.41) is 14.8. The van der Waals surface area contributed by atoms with Gasteiger partial charge in [0.15, 0.2) is 5.82 Å². The van der Waals surface area contributed by atoms with Gasteiger partial charge in [-0.05, 0) is 44.9 Å². The number of carbonyl (C=O) groups is 2. The molecule has 2 heterocycles. The molecule has 206 valence electrons. The van der Waals surface area contributed by atoms with Crippen LogP contribution in [0.4, 0.5) is 23.1 Å². The average Bonchev–Trinajstić information content (AvgIpc) is 3.43. The molecule has 1 aliphatic heterocycles. The fraction of sp³-hybridized carbons (Fsp3) is 0.556. The van der Waals surface area contributed by atoms with E-state index in [1.54, 1.807) is 36.3 Å². The van der Waals surface area contributed by atoms with E-state index < -0.39 is 5.41 Å². The van der Waals surface area contributed by atoms with Crippen molar-refractivity contribution < 1.29 is 24.2 Å². The first-order valence-electron chi connectivity index (χ1n) is 13.1. The molecule has 2 amide bonds. The molecule has 38 heavy (non-hydrogen) atoms. The van der Waals surface area contributed by atoms with Crippen molar-refractivity contribution in [2.24, 2.45) is 5.41 Å². The van der Waals surface area contributed by atoms with Crippen LogP contribution in [0.5, 0.6) is 5.75 Å². The number of methoxy groups -OCH3 is 1. The van der Waals surface area contributed by atoms with Gasteiger partial charge in [0.2, 0.25) is 11.9 Å². The quantitative estimate of drug-likeness (QED) is 0.400. The predicted octanol–water partition coefficient (Wildman–Crippen LogP) is 2.72. The Morgan fingerprint density at radius 2 is 2.00 bits per heavy atom. The van der Waals surface area contributed by atoms with E-state index in [9.17, 15) is 9.59 Å². The van der Waals surface area contributed by atoms with E-state index in [-0.39, 0.29) is 25.0 Å². The summed E-state index contributed by atoms with van der Waals surface area (Å²) in [5.41, 5.74) is 1.18. The third-order valence-corrected chi connectivity index (χ3v) is 7.08. The van der Waals surface area contributed by atoms with E-state index >= 15 is 0 Å². The highest BCUT2D eigenvalue weighted by molar-refractivity contribution is 6.01. The molecule has 2 aliphatic rings. The maximum absolute atomic E-state index is 13.2. The molecule has 1 fully saturated rings. The van der Waals surface area contributed by atoms with Crippen LogP contribution in [0, 0.1) is 5.41 Å². The van der Waals surface area contributed by atoms with Gasteiger partial charge in [0.25, 0.3) is 5.91 Å². The highest BCUT2D eigenvalue weighted by atomic mass is 16.5. The monoisotopic (exact) mass is 526 g/mol. The van der Waals surface area contributed by atoms with Crippen LogP contribution in [0.25, 0.3) is 0 Å². The van der Waals surface area contributed by atoms with Gasteiger partial charge in [0.1, 0.15) is 11.4 Å². The van der Waals surface area contributed by atoms with Gasteiger partial charge in [-0.2, -0.15) is 4.98 Å². The standard InChI is InChI=1S/C27H38N6O5/c1-27(2)17-33(19-7-5-6-8-19)23-21(32(3)25(27)36)16-29-26(31-23)30-20-10-9-18(15-22(20)37-4)24(35)28-11-13-38-14-12-34/h9-10,15-16,19,34H,5-8,11-14,17H2,1-4H3,(H,28,35)(H,29,30,31). The SMILES string of the molecule is COc1cc(C(=O)NCCOCCO)ccc1Nc1ncc2c(n1)N(C1CCCC1)CC(C)(C)C(=O)N2C. The first-order chi connectivity index (χ1) is 18.2. The zero-order chi connectivity index (χ0) is 27.3. The van der Waals surface area contributed by atoms with Crippen molar-refractivity contribution in [3.63, 3.8) is 0 Å². The lowest BCUT2D eigenvalue weighted by molar-refractivity contribution is -0.125. The summed E-state index contributed by atoms with van der Waals surface area (Å²) in [6.07, 6.45) is 6.18. The maximum atomic E-state index is 13.2. The zero-order valence-corrected chi connectivity index (χ0v) is 22.6. The lowest BCUT2D eigenvalue weighted by Crippen LogP contribution is -2.45. The van der Waals surface area contributed by atoms with Crippen LogP contribution in [0.3, 0.4) is 0 Å². The number of anilines is 4. The highest BCUT2D eigenvalue weighted by Crippen LogP contribution is 2.40. The van der Waals surface area contributed by atoms with Gasteiger partial charge in [0.05, 0.1) is 44.2 Å². The molecule has 11 heteroatoms. The van der Waals surface area contributed by atoms with E-state index in [4.69, 9.17) is 19.6 Å². The molecule has 0 unspecified atom stereocenters. The van der Waals surface area contributed by atoms with E-state index in [2.05, 4.69) is 20.5 Å². The van der Waals surface area contributed by atoms with Crippen molar-refractivity contribution in [1.82, 2.24) is 15.3 Å². The van der Waals surface area contributed by atoms with Crippen LogP contribution in [-0.4, -0.2) is 80.0 Å². The Morgan fingerprint density at radius 1 is 1.24 bits per heavy atom. The average molecular weight is 527 g/mol. The number of benzene rings is 1. The number of nitrogens with one attached hydrogen (secondary N) is 2.